The minimum absolute atomic E-state index is 0.284. The Bertz CT molecular complexity index is 796. The molecule has 0 unspecified atom stereocenters. The normalized spacial score (nSPS) is 10.7. The fourth-order valence-corrected chi connectivity index (χ4v) is 2.15. The monoisotopic (exact) mass is 282 g/mol. The molecule has 0 aliphatic heterocycles. The highest BCUT2D eigenvalue weighted by Crippen LogP contribution is 2.26. The van der Waals surface area contributed by atoms with Gasteiger partial charge in [0, 0.05) is 11.8 Å². The maximum Gasteiger partial charge on any atom is 0.344 e. The van der Waals surface area contributed by atoms with Gasteiger partial charge in [0.1, 0.15) is 17.1 Å². The topological polar surface area (TPSA) is 82.5 Å². The van der Waals surface area contributed by atoms with E-state index < -0.39 is 5.97 Å². The van der Waals surface area contributed by atoms with Crippen LogP contribution >= 0.6 is 0 Å². The van der Waals surface area contributed by atoms with Crippen molar-refractivity contribution < 1.29 is 9.53 Å². The van der Waals surface area contributed by atoms with Gasteiger partial charge in [-0.25, -0.2) is 9.78 Å². The van der Waals surface area contributed by atoms with Crippen LogP contribution in [-0.2, 0) is 4.74 Å². The molecule has 21 heavy (non-hydrogen) atoms. The molecule has 0 amide bonds. The van der Waals surface area contributed by atoms with Crippen molar-refractivity contribution in [3.63, 3.8) is 0 Å². The number of hydrogen-bond acceptors (Lipinski definition) is 5. The molecule has 2 heterocycles. The molecule has 6 heteroatoms. The highest BCUT2D eigenvalue weighted by Gasteiger charge is 2.23. The number of rotatable bonds is 3. The molecule has 0 saturated carbocycles. The Morgan fingerprint density at radius 1 is 1.29 bits per heavy atom. The van der Waals surface area contributed by atoms with E-state index in [-0.39, 0.29) is 6.61 Å². The third kappa shape index (κ3) is 2.20. The fourth-order valence-electron chi connectivity index (χ4n) is 2.15. The molecular formula is C15H14N4O2. The molecule has 0 bridgehead atoms. The van der Waals surface area contributed by atoms with Crippen molar-refractivity contribution in [3.05, 3.63) is 48.2 Å². The molecule has 3 aromatic rings. The molecule has 3 rings (SSSR count). The van der Waals surface area contributed by atoms with Gasteiger partial charge in [0.15, 0.2) is 5.65 Å². The van der Waals surface area contributed by atoms with Crippen LogP contribution in [0.4, 0.5) is 5.82 Å². The Labute approximate surface area is 121 Å². The predicted molar refractivity (Wildman–Crippen MR) is 78.8 cm³/mol. The lowest BCUT2D eigenvalue weighted by Gasteiger charge is -2.02. The van der Waals surface area contributed by atoms with E-state index in [9.17, 15) is 4.79 Å². The second-order valence-corrected chi connectivity index (χ2v) is 4.42. The summed E-state index contributed by atoms with van der Waals surface area (Å²) in [5, 5.41) is 4.41. The van der Waals surface area contributed by atoms with Crippen molar-refractivity contribution in [3.8, 4) is 11.3 Å². The Morgan fingerprint density at radius 3 is 2.76 bits per heavy atom. The van der Waals surface area contributed by atoms with Crippen LogP contribution in [0.3, 0.4) is 0 Å². The van der Waals surface area contributed by atoms with Gasteiger partial charge in [-0.1, -0.05) is 30.3 Å². The number of nitrogens with zero attached hydrogens (tertiary/aromatic N) is 3. The molecule has 2 N–H and O–H groups in total. The number of hydrogen-bond donors (Lipinski definition) is 1. The molecule has 0 fully saturated rings. The van der Waals surface area contributed by atoms with Gasteiger partial charge in [0.05, 0.1) is 6.61 Å². The van der Waals surface area contributed by atoms with E-state index in [1.165, 1.54) is 4.52 Å². The van der Waals surface area contributed by atoms with E-state index >= 15 is 0 Å². The third-order valence-corrected chi connectivity index (χ3v) is 3.07. The maximum absolute atomic E-state index is 12.3. The van der Waals surface area contributed by atoms with Crippen LogP contribution in [0, 0.1) is 0 Å². The standard InChI is InChI=1S/C15H14N4O2/c1-2-21-15(20)12-13(10-6-4-3-5-7-10)18-19-11(16)8-9-17-14(12)19/h3-9H,2,16H2,1H3. The van der Waals surface area contributed by atoms with Gasteiger partial charge in [-0.2, -0.15) is 9.61 Å². The summed E-state index contributed by atoms with van der Waals surface area (Å²) >= 11 is 0. The van der Waals surface area contributed by atoms with E-state index in [0.29, 0.717) is 22.7 Å². The van der Waals surface area contributed by atoms with Gasteiger partial charge < -0.3 is 10.5 Å². The Hall–Kier alpha value is -2.89. The second-order valence-electron chi connectivity index (χ2n) is 4.42. The number of benzene rings is 1. The number of anilines is 1. The van der Waals surface area contributed by atoms with Crippen molar-refractivity contribution in [1.29, 1.82) is 0 Å². The van der Waals surface area contributed by atoms with Crippen LogP contribution < -0.4 is 5.73 Å². The first-order valence-electron chi connectivity index (χ1n) is 6.58. The lowest BCUT2D eigenvalue weighted by molar-refractivity contribution is 0.0529. The number of esters is 1. The van der Waals surface area contributed by atoms with Gasteiger partial charge in [0.25, 0.3) is 0 Å². The SMILES string of the molecule is CCOC(=O)c1c(-c2ccccc2)nn2c(N)ccnc12. The second kappa shape index (κ2) is 5.24. The van der Waals surface area contributed by atoms with Crippen molar-refractivity contribution >= 4 is 17.4 Å². The van der Waals surface area contributed by atoms with E-state index in [1.54, 1.807) is 19.2 Å². The number of carbonyl (C=O) groups excluding carboxylic acids is 1. The van der Waals surface area contributed by atoms with Gasteiger partial charge in [-0.3, -0.25) is 0 Å². The first kappa shape index (κ1) is 13.1. The molecule has 0 spiro atoms. The third-order valence-electron chi connectivity index (χ3n) is 3.07. The van der Waals surface area contributed by atoms with Gasteiger partial charge in [-0.05, 0) is 13.0 Å². The van der Waals surface area contributed by atoms with Crippen molar-refractivity contribution in [2.75, 3.05) is 12.3 Å². The summed E-state index contributed by atoms with van der Waals surface area (Å²) in [5.41, 5.74) is 7.95. The van der Waals surface area contributed by atoms with E-state index in [1.807, 2.05) is 30.3 Å². The number of nitrogen functional groups attached to an aromatic ring is 1. The first-order valence-corrected chi connectivity index (χ1v) is 6.58. The number of aromatic nitrogens is 3. The summed E-state index contributed by atoms with van der Waals surface area (Å²) in [5.74, 6) is -0.0443. The number of carbonyl (C=O) groups is 1. The molecule has 2 aromatic heterocycles. The molecule has 1 aromatic carbocycles. The van der Waals surface area contributed by atoms with Gasteiger partial charge >= 0.3 is 5.97 Å². The Balaban J connectivity index is 2.30. The van der Waals surface area contributed by atoms with Crippen LogP contribution in [0.25, 0.3) is 16.9 Å². The maximum atomic E-state index is 12.3. The van der Waals surface area contributed by atoms with Gasteiger partial charge in [-0.15, -0.1) is 0 Å². The number of nitrogens with two attached hydrogens (primary N) is 1. The van der Waals surface area contributed by atoms with Gasteiger partial charge in [0.2, 0.25) is 0 Å². The minimum Gasteiger partial charge on any atom is -0.462 e. The van der Waals surface area contributed by atoms with Crippen molar-refractivity contribution in [1.82, 2.24) is 14.6 Å². The molecule has 6 nitrogen and oxygen atoms in total. The van der Waals surface area contributed by atoms with Crippen LogP contribution in [0.5, 0.6) is 0 Å². The zero-order valence-electron chi connectivity index (χ0n) is 11.5. The van der Waals surface area contributed by atoms with Crippen LogP contribution in [0.1, 0.15) is 17.3 Å². The Kier molecular flexibility index (Phi) is 3.27. The minimum atomic E-state index is -0.454. The van der Waals surface area contributed by atoms with E-state index in [2.05, 4.69) is 10.1 Å². The lowest BCUT2D eigenvalue weighted by Crippen LogP contribution is -2.06. The zero-order chi connectivity index (χ0) is 14.8. The zero-order valence-corrected chi connectivity index (χ0v) is 11.5. The molecule has 0 aliphatic rings. The highest BCUT2D eigenvalue weighted by molar-refractivity contribution is 6.02. The predicted octanol–water partition coefficient (Wildman–Crippen LogP) is 2.16. The Morgan fingerprint density at radius 2 is 2.05 bits per heavy atom. The summed E-state index contributed by atoms with van der Waals surface area (Å²) in [6, 6.07) is 11.0. The highest BCUT2D eigenvalue weighted by atomic mass is 16.5. The smallest absolute Gasteiger partial charge is 0.344 e. The summed E-state index contributed by atoms with van der Waals surface area (Å²) in [4.78, 5) is 16.5. The molecule has 0 saturated heterocycles. The summed E-state index contributed by atoms with van der Waals surface area (Å²) in [7, 11) is 0. The molecule has 0 atom stereocenters. The summed E-state index contributed by atoms with van der Waals surface area (Å²) in [6.45, 7) is 2.04. The van der Waals surface area contributed by atoms with Crippen LogP contribution in [0.15, 0.2) is 42.6 Å². The summed E-state index contributed by atoms with van der Waals surface area (Å²) < 4.78 is 6.58. The quantitative estimate of drug-likeness (QED) is 0.744. The van der Waals surface area contributed by atoms with Crippen LogP contribution in [0.2, 0.25) is 0 Å². The number of fused-ring (bicyclic) bond motifs is 1. The molecular weight excluding hydrogens is 268 g/mol. The molecule has 106 valence electrons. The molecule has 0 radical (unpaired) electrons. The van der Waals surface area contributed by atoms with Crippen LogP contribution in [-0.4, -0.2) is 27.2 Å². The van der Waals surface area contributed by atoms with Crippen molar-refractivity contribution in [2.24, 2.45) is 0 Å². The average Bonchev–Trinajstić information content (AvgIpc) is 2.89. The van der Waals surface area contributed by atoms with Crippen molar-refractivity contribution in [2.45, 2.75) is 6.92 Å². The fraction of sp³-hybridized carbons (Fsp3) is 0.133. The van der Waals surface area contributed by atoms with E-state index in [4.69, 9.17) is 10.5 Å². The number of ether oxygens (including phenoxy) is 1. The van der Waals surface area contributed by atoms with E-state index in [0.717, 1.165) is 5.56 Å². The lowest BCUT2D eigenvalue weighted by atomic mass is 10.1. The molecule has 0 aliphatic carbocycles. The average molecular weight is 282 g/mol. The summed E-state index contributed by atoms with van der Waals surface area (Å²) in [6.07, 6.45) is 1.55. The largest absolute Gasteiger partial charge is 0.462 e. The first-order chi connectivity index (χ1) is 10.2.